The quantitative estimate of drug-likeness (QED) is 0.546. The summed E-state index contributed by atoms with van der Waals surface area (Å²) < 4.78 is 0. The topological polar surface area (TPSA) is 98.9 Å². The molecule has 1 aliphatic rings. The molecular formula is C12H24N4O3. The molecule has 2 atom stereocenters. The van der Waals surface area contributed by atoms with Crippen LogP contribution in [0, 0.1) is 0 Å². The molecule has 19 heavy (non-hydrogen) atoms. The minimum absolute atomic E-state index is 0.0827. The van der Waals surface area contributed by atoms with E-state index in [1.54, 1.807) is 0 Å². The van der Waals surface area contributed by atoms with Gasteiger partial charge in [0.1, 0.15) is 0 Å². The Morgan fingerprint density at radius 3 is 2.74 bits per heavy atom. The number of rotatable bonds is 6. The molecule has 0 spiro atoms. The Morgan fingerprint density at radius 1 is 1.42 bits per heavy atom. The second kappa shape index (κ2) is 7.42. The summed E-state index contributed by atoms with van der Waals surface area (Å²) in [5, 5.41) is 11.3. The zero-order chi connectivity index (χ0) is 14.4. The molecule has 1 aliphatic heterocycles. The molecule has 110 valence electrons. The molecule has 0 bridgehead atoms. The van der Waals surface area contributed by atoms with E-state index >= 15 is 0 Å². The molecule has 1 heterocycles. The minimum Gasteiger partial charge on any atom is -0.481 e. The van der Waals surface area contributed by atoms with Crippen LogP contribution in [0.2, 0.25) is 0 Å². The minimum atomic E-state index is -0.933. The summed E-state index contributed by atoms with van der Waals surface area (Å²) in [4.78, 5) is 26.6. The van der Waals surface area contributed by atoms with E-state index in [2.05, 4.69) is 22.2 Å². The van der Waals surface area contributed by atoms with Crippen molar-refractivity contribution in [2.45, 2.75) is 24.9 Å². The number of nitrogens with one attached hydrogen (secondary N) is 1. The van der Waals surface area contributed by atoms with E-state index in [4.69, 9.17) is 10.8 Å². The highest BCUT2D eigenvalue weighted by molar-refractivity contribution is 5.82. The van der Waals surface area contributed by atoms with E-state index in [0.717, 1.165) is 19.6 Å². The lowest BCUT2D eigenvalue weighted by atomic mass is 10.1. The average Bonchev–Trinajstić information content (AvgIpc) is 2.36. The van der Waals surface area contributed by atoms with Gasteiger partial charge in [0.05, 0.1) is 6.04 Å². The van der Waals surface area contributed by atoms with Crippen LogP contribution in [0.3, 0.4) is 0 Å². The highest BCUT2D eigenvalue weighted by Gasteiger charge is 2.23. The smallest absolute Gasteiger partial charge is 0.303 e. The number of likely N-dealkylation sites (N-methyl/N-ethyl adjacent to an activating group) is 2. The molecule has 0 radical (unpaired) electrons. The summed E-state index contributed by atoms with van der Waals surface area (Å²) in [5.74, 6) is -1.21. The third-order valence-corrected chi connectivity index (χ3v) is 3.50. The molecule has 1 fully saturated rings. The zero-order valence-corrected chi connectivity index (χ0v) is 11.6. The molecular weight excluding hydrogens is 248 g/mol. The van der Waals surface area contributed by atoms with E-state index in [1.807, 2.05) is 7.05 Å². The summed E-state index contributed by atoms with van der Waals surface area (Å²) in [5.41, 5.74) is 5.64. The van der Waals surface area contributed by atoms with Gasteiger partial charge in [0.25, 0.3) is 0 Å². The van der Waals surface area contributed by atoms with Crippen LogP contribution in [0.4, 0.5) is 0 Å². The van der Waals surface area contributed by atoms with Crippen molar-refractivity contribution in [1.29, 1.82) is 0 Å². The van der Waals surface area contributed by atoms with Crippen molar-refractivity contribution in [3.63, 3.8) is 0 Å². The van der Waals surface area contributed by atoms with Crippen molar-refractivity contribution in [3.8, 4) is 0 Å². The molecule has 7 nitrogen and oxygen atoms in total. The van der Waals surface area contributed by atoms with Gasteiger partial charge in [0.2, 0.25) is 5.91 Å². The van der Waals surface area contributed by atoms with Crippen LogP contribution < -0.4 is 11.1 Å². The van der Waals surface area contributed by atoms with Crippen LogP contribution in [0.1, 0.15) is 12.8 Å². The van der Waals surface area contributed by atoms with Crippen molar-refractivity contribution in [2.24, 2.45) is 5.73 Å². The van der Waals surface area contributed by atoms with Crippen molar-refractivity contribution < 1.29 is 14.7 Å². The van der Waals surface area contributed by atoms with Crippen LogP contribution in [0.25, 0.3) is 0 Å². The van der Waals surface area contributed by atoms with Crippen LogP contribution in [-0.2, 0) is 9.59 Å². The zero-order valence-electron chi connectivity index (χ0n) is 11.6. The fourth-order valence-electron chi connectivity index (χ4n) is 2.08. The SMILES string of the molecule is CN1CCN(C)C(CNC(=O)C(N)CCC(=O)O)C1. The summed E-state index contributed by atoms with van der Waals surface area (Å²) in [6.07, 6.45) is 0.0855. The van der Waals surface area contributed by atoms with Crippen LogP contribution in [0.5, 0.6) is 0 Å². The molecule has 0 aliphatic carbocycles. The monoisotopic (exact) mass is 272 g/mol. The van der Waals surface area contributed by atoms with Crippen molar-refractivity contribution in [3.05, 3.63) is 0 Å². The molecule has 4 N–H and O–H groups in total. The molecule has 0 aromatic carbocycles. The van der Waals surface area contributed by atoms with Crippen LogP contribution in [-0.4, -0.2) is 79.1 Å². The van der Waals surface area contributed by atoms with Gasteiger partial charge < -0.3 is 21.1 Å². The van der Waals surface area contributed by atoms with Crippen molar-refractivity contribution in [2.75, 3.05) is 40.3 Å². The second-order valence-electron chi connectivity index (χ2n) is 5.18. The predicted octanol–water partition coefficient (Wildman–Crippen LogP) is -1.46. The highest BCUT2D eigenvalue weighted by atomic mass is 16.4. The third kappa shape index (κ3) is 5.54. The summed E-state index contributed by atoms with van der Waals surface area (Å²) >= 11 is 0. The van der Waals surface area contributed by atoms with E-state index < -0.39 is 12.0 Å². The normalized spacial score (nSPS) is 23.0. The van der Waals surface area contributed by atoms with Gasteiger partial charge in [-0.2, -0.15) is 0 Å². The lowest BCUT2D eigenvalue weighted by Crippen LogP contribution is -2.55. The van der Waals surface area contributed by atoms with E-state index in [-0.39, 0.29) is 24.8 Å². The van der Waals surface area contributed by atoms with E-state index in [9.17, 15) is 9.59 Å². The van der Waals surface area contributed by atoms with Gasteiger partial charge in [0, 0.05) is 38.6 Å². The highest BCUT2D eigenvalue weighted by Crippen LogP contribution is 2.05. The van der Waals surface area contributed by atoms with Gasteiger partial charge in [0.15, 0.2) is 0 Å². The van der Waals surface area contributed by atoms with Gasteiger partial charge in [-0.3, -0.25) is 14.5 Å². The number of nitrogens with zero attached hydrogens (tertiary/aromatic N) is 2. The molecule has 0 aromatic heterocycles. The summed E-state index contributed by atoms with van der Waals surface area (Å²) in [6, 6.07) is -0.475. The van der Waals surface area contributed by atoms with E-state index in [0.29, 0.717) is 6.54 Å². The maximum atomic E-state index is 11.7. The first-order valence-corrected chi connectivity index (χ1v) is 6.54. The van der Waals surface area contributed by atoms with E-state index in [1.165, 1.54) is 0 Å². The molecule has 1 amide bonds. The number of carboxylic acids is 1. The maximum Gasteiger partial charge on any atom is 0.303 e. The van der Waals surface area contributed by atoms with Gasteiger partial charge in [-0.25, -0.2) is 0 Å². The molecule has 1 rings (SSSR count). The first kappa shape index (κ1) is 15.9. The molecule has 2 unspecified atom stereocenters. The largest absolute Gasteiger partial charge is 0.481 e. The third-order valence-electron chi connectivity index (χ3n) is 3.50. The fourth-order valence-corrected chi connectivity index (χ4v) is 2.08. The lowest BCUT2D eigenvalue weighted by molar-refractivity contribution is -0.137. The van der Waals surface area contributed by atoms with Gasteiger partial charge in [-0.05, 0) is 20.5 Å². The lowest BCUT2D eigenvalue weighted by Gasteiger charge is -2.37. The number of carbonyl (C=O) groups excluding carboxylic acids is 1. The number of nitrogens with two attached hydrogens (primary N) is 1. The van der Waals surface area contributed by atoms with Gasteiger partial charge in [-0.15, -0.1) is 0 Å². The van der Waals surface area contributed by atoms with Crippen molar-refractivity contribution >= 4 is 11.9 Å². The Labute approximate surface area is 113 Å². The number of carbonyl (C=O) groups is 2. The standard InChI is InChI=1S/C12H24N4O3/c1-15-5-6-16(2)9(8-15)7-14-12(19)10(13)3-4-11(17)18/h9-10H,3-8,13H2,1-2H3,(H,14,19)(H,17,18). The Kier molecular flexibility index (Phi) is 6.20. The number of carboxylic acid groups (broad SMARTS) is 1. The number of hydrogen-bond acceptors (Lipinski definition) is 5. The number of hydrogen-bond donors (Lipinski definition) is 3. The second-order valence-corrected chi connectivity index (χ2v) is 5.18. The fraction of sp³-hybridized carbons (Fsp3) is 0.833. The van der Waals surface area contributed by atoms with Crippen LogP contribution >= 0.6 is 0 Å². The number of aliphatic carboxylic acids is 1. The number of piperazine rings is 1. The average molecular weight is 272 g/mol. The Hall–Kier alpha value is -1.18. The predicted molar refractivity (Wildman–Crippen MR) is 71.8 cm³/mol. The summed E-state index contributed by atoms with van der Waals surface area (Å²) in [7, 11) is 4.09. The Bertz CT molecular complexity index is 324. The first-order chi connectivity index (χ1) is 8.90. The molecule has 0 saturated carbocycles. The Morgan fingerprint density at radius 2 is 2.11 bits per heavy atom. The number of amides is 1. The van der Waals surface area contributed by atoms with Gasteiger partial charge >= 0.3 is 5.97 Å². The molecule has 1 saturated heterocycles. The molecule has 0 aromatic rings. The van der Waals surface area contributed by atoms with Crippen LogP contribution in [0.15, 0.2) is 0 Å². The van der Waals surface area contributed by atoms with Gasteiger partial charge in [-0.1, -0.05) is 0 Å². The molecule has 7 heteroatoms. The van der Waals surface area contributed by atoms with Crippen molar-refractivity contribution in [1.82, 2.24) is 15.1 Å². The maximum absolute atomic E-state index is 11.7. The summed E-state index contributed by atoms with van der Waals surface area (Å²) in [6.45, 7) is 3.45. The Balaban J connectivity index is 2.30. The first-order valence-electron chi connectivity index (χ1n) is 6.54.